The summed E-state index contributed by atoms with van der Waals surface area (Å²) in [6, 6.07) is 14.4. The van der Waals surface area contributed by atoms with Crippen LogP contribution in [0.2, 0.25) is 0 Å². The Morgan fingerprint density at radius 1 is 1.11 bits per heavy atom. The number of methoxy groups -OCH3 is 1. The Hall–Kier alpha value is -1.81. The van der Waals surface area contributed by atoms with Gasteiger partial charge >= 0.3 is 0 Å². The van der Waals surface area contributed by atoms with E-state index in [1.807, 2.05) is 18.2 Å². The van der Waals surface area contributed by atoms with Crippen molar-refractivity contribution in [3.8, 4) is 11.5 Å². The highest BCUT2D eigenvalue weighted by Gasteiger charge is 2.12. The molecule has 98 valence electrons. The number of para-hydroxylation sites is 1. The molecule has 2 aromatic carbocycles. The van der Waals surface area contributed by atoms with Gasteiger partial charge in [0.2, 0.25) is 5.78 Å². The minimum atomic E-state index is -0.111. The van der Waals surface area contributed by atoms with Gasteiger partial charge in [0.25, 0.3) is 0 Å². The van der Waals surface area contributed by atoms with E-state index in [0.717, 1.165) is 4.47 Å². The van der Waals surface area contributed by atoms with Gasteiger partial charge in [0, 0.05) is 4.47 Å². The van der Waals surface area contributed by atoms with Crippen molar-refractivity contribution in [2.45, 2.75) is 0 Å². The molecule has 0 spiro atoms. The molecule has 0 aromatic heterocycles. The number of hydrogen-bond donors (Lipinski definition) is 0. The van der Waals surface area contributed by atoms with Crippen LogP contribution in [0, 0.1) is 0 Å². The minimum Gasteiger partial charge on any atom is -0.496 e. The number of hydrogen-bond acceptors (Lipinski definition) is 3. The Labute approximate surface area is 120 Å². The summed E-state index contributed by atoms with van der Waals surface area (Å²) in [5.41, 5.74) is 0.530. The van der Waals surface area contributed by atoms with Crippen molar-refractivity contribution in [2.75, 3.05) is 13.7 Å². The van der Waals surface area contributed by atoms with Crippen LogP contribution < -0.4 is 9.47 Å². The molecule has 0 heterocycles. The number of ketones is 1. The molecule has 0 saturated heterocycles. The first-order valence-corrected chi connectivity index (χ1v) is 6.54. The van der Waals surface area contributed by atoms with Crippen LogP contribution in [0.15, 0.2) is 53.0 Å². The van der Waals surface area contributed by atoms with E-state index in [1.165, 1.54) is 0 Å². The average molecular weight is 321 g/mol. The molecule has 0 unspecified atom stereocenters. The fraction of sp³-hybridized carbons (Fsp3) is 0.133. The normalized spacial score (nSPS) is 10.0. The summed E-state index contributed by atoms with van der Waals surface area (Å²) in [5.74, 6) is 1.11. The summed E-state index contributed by atoms with van der Waals surface area (Å²) >= 11 is 3.34. The zero-order chi connectivity index (χ0) is 13.7. The molecule has 0 N–H and O–H groups in total. The summed E-state index contributed by atoms with van der Waals surface area (Å²) < 4.78 is 11.6. The summed E-state index contributed by atoms with van der Waals surface area (Å²) in [6.45, 7) is -0.0119. The lowest BCUT2D eigenvalue weighted by Gasteiger charge is -2.08. The standard InChI is InChI=1S/C15H13BrO3/c1-18-15-5-3-2-4-13(15)14(17)10-19-12-8-6-11(16)7-9-12/h2-9H,10H2,1H3. The van der Waals surface area contributed by atoms with E-state index in [1.54, 1.807) is 37.4 Å². The molecule has 0 fully saturated rings. The zero-order valence-corrected chi connectivity index (χ0v) is 12.0. The smallest absolute Gasteiger partial charge is 0.203 e. The van der Waals surface area contributed by atoms with E-state index in [0.29, 0.717) is 17.1 Å². The third kappa shape index (κ3) is 3.58. The number of Topliss-reactive ketones (excluding diaryl/α,β-unsaturated/α-hetero) is 1. The molecule has 3 nitrogen and oxygen atoms in total. The van der Waals surface area contributed by atoms with Gasteiger partial charge in [-0.1, -0.05) is 28.1 Å². The first-order chi connectivity index (χ1) is 9.20. The van der Waals surface area contributed by atoms with Crippen molar-refractivity contribution >= 4 is 21.7 Å². The molecule has 2 aromatic rings. The number of halogens is 1. The van der Waals surface area contributed by atoms with Gasteiger partial charge in [0.05, 0.1) is 12.7 Å². The quantitative estimate of drug-likeness (QED) is 0.788. The van der Waals surface area contributed by atoms with E-state index in [4.69, 9.17) is 9.47 Å². The van der Waals surface area contributed by atoms with Crippen LogP contribution in [0.25, 0.3) is 0 Å². The highest BCUT2D eigenvalue weighted by atomic mass is 79.9. The predicted octanol–water partition coefficient (Wildman–Crippen LogP) is 3.72. The molecule has 0 atom stereocenters. The Balaban J connectivity index is 2.03. The van der Waals surface area contributed by atoms with Gasteiger partial charge in [-0.25, -0.2) is 0 Å². The van der Waals surface area contributed by atoms with Crippen LogP contribution in [-0.4, -0.2) is 19.5 Å². The lowest BCUT2D eigenvalue weighted by molar-refractivity contribution is 0.0918. The molecule has 0 saturated carbocycles. The van der Waals surface area contributed by atoms with Gasteiger partial charge in [-0.15, -0.1) is 0 Å². The van der Waals surface area contributed by atoms with Crippen LogP contribution in [0.1, 0.15) is 10.4 Å². The topological polar surface area (TPSA) is 35.5 Å². The van der Waals surface area contributed by atoms with E-state index in [9.17, 15) is 4.79 Å². The molecule has 0 radical (unpaired) electrons. The number of benzene rings is 2. The molecule has 19 heavy (non-hydrogen) atoms. The average Bonchev–Trinajstić information content (AvgIpc) is 2.46. The fourth-order valence-corrected chi connectivity index (χ4v) is 1.90. The number of ether oxygens (including phenoxy) is 2. The Morgan fingerprint density at radius 3 is 2.47 bits per heavy atom. The van der Waals surface area contributed by atoms with Gasteiger partial charge < -0.3 is 9.47 Å². The maximum atomic E-state index is 12.1. The molecule has 0 aliphatic carbocycles. The zero-order valence-electron chi connectivity index (χ0n) is 10.4. The van der Waals surface area contributed by atoms with Crippen molar-refractivity contribution in [3.63, 3.8) is 0 Å². The first-order valence-electron chi connectivity index (χ1n) is 5.75. The Morgan fingerprint density at radius 2 is 1.79 bits per heavy atom. The highest BCUT2D eigenvalue weighted by molar-refractivity contribution is 9.10. The van der Waals surface area contributed by atoms with Crippen LogP contribution in [0.4, 0.5) is 0 Å². The summed E-state index contributed by atoms with van der Waals surface area (Å²) in [4.78, 5) is 12.1. The van der Waals surface area contributed by atoms with Crippen molar-refractivity contribution < 1.29 is 14.3 Å². The Kier molecular flexibility index (Phi) is 4.58. The maximum Gasteiger partial charge on any atom is 0.203 e. The number of carbonyl (C=O) groups is 1. The maximum absolute atomic E-state index is 12.1. The van der Waals surface area contributed by atoms with Crippen molar-refractivity contribution in [3.05, 3.63) is 58.6 Å². The van der Waals surface area contributed by atoms with Gasteiger partial charge in [-0.3, -0.25) is 4.79 Å². The summed E-state index contributed by atoms with van der Waals surface area (Å²) in [5, 5.41) is 0. The third-order valence-corrected chi connectivity index (χ3v) is 3.12. The van der Waals surface area contributed by atoms with Gasteiger partial charge in [0.1, 0.15) is 11.5 Å². The third-order valence-electron chi connectivity index (χ3n) is 2.59. The molecule has 0 aliphatic rings. The van der Waals surface area contributed by atoms with Crippen molar-refractivity contribution in [1.29, 1.82) is 0 Å². The second kappa shape index (κ2) is 6.38. The van der Waals surface area contributed by atoms with Gasteiger partial charge in [-0.05, 0) is 36.4 Å². The summed E-state index contributed by atoms with van der Waals surface area (Å²) in [7, 11) is 1.54. The monoisotopic (exact) mass is 320 g/mol. The van der Waals surface area contributed by atoms with Crippen molar-refractivity contribution in [2.24, 2.45) is 0 Å². The molecular formula is C15H13BrO3. The summed E-state index contributed by atoms with van der Waals surface area (Å²) in [6.07, 6.45) is 0. The SMILES string of the molecule is COc1ccccc1C(=O)COc1ccc(Br)cc1. The molecule has 0 aliphatic heterocycles. The molecular weight excluding hydrogens is 308 g/mol. The van der Waals surface area contributed by atoms with E-state index in [-0.39, 0.29) is 12.4 Å². The van der Waals surface area contributed by atoms with E-state index in [2.05, 4.69) is 15.9 Å². The van der Waals surface area contributed by atoms with Gasteiger partial charge in [-0.2, -0.15) is 0 Å². The molecule has 0 amide bonds. The lowest BCUT2D eigenvalue weighted by atomic mass is 10.1. The fourth-order valence-electron chi connectivity index (χ4n) is 1.63. The van der Waals surface area contributed by atoms with Crippen LogP contribution in [0.3, 0.4) is 0 Å². The minimum absolute atomic E-state index is 0.0119. The molecule has 4 heteroatoms. The lowest BCUT2D eigenvalue weighted by Crippen LogP contribution is -2.12. The van der Waals surface area contributed by atoms with Gasteiger partial charge in [0.15, 0.2) is 6.61 Å². The Bertz CT molecular complexity index is 564. The molecule has 0 bridgehead atoms. The second-order valence-electron chi connectivity index (χ2n) is 3.87. The van der Waals surface area contributed by atoms with Crippen LogP contribution >= 0.6 is 15.9 Å². The van der Waals surface area contributed by atoms with Crippen molar-refractivity contribution in [1.82, 2.24) is 0 Å². The molecule has 2 rings (SSSR count). The van der Waals surface area contributed by atoms with E-state index >= 15 is 0 Å². The number of rotatable bonds is 5. The highest BCUT2D eigenvalue weighted by Crippen LogP contribution is 2.19. The largest absolute Gasteiger partial charge is 0.496 e. The van der Waals surface area contributed by atoms with Crippen LogP contribution in [-0.2, 0) is 0 Å². The van der Waals surface area contributed by atoms with E-state index < -0.39 is 0 Å². The first kappa shape index (κ1) is 13.6. The van der Waals surface area contributed by atoms with Crippen LogP contribution in [0.5, 0.6) is 11.5 Å². The predicted molar refractivity (Wildman–Crippen MR) is 77.0 cm³/mol. The second-order valence-corrected chi connectivity index (χ2v) is 4.78. The number of carbonyl (C=O) groups excluding carboxylic acids is 1.